The van der Waals surface area contributed by atoms with Gasteiger partial charge in [-0.1, -0.05) is 26.7 Å². The Morgan fingerprint density at radius 2 is 2.12 bits per heavy atom. The van der Waals surface area contributed by atoms with Gasteiger partial charge in [0, 0.05) is 13.0 Å². The molecule has 1 amide bonds. The molecule has 0 aliphatic rings. The van der Waals surface area contributed by atoms with Crippen LogP contribution in [0.25, 0.3) is 0 Å². The Morgan fingerprint density at radius 3 is 2.53 bits per heavy atom. The standard InChI is InChI=1S/C14H26N2O/c1-5-7-16(8-6-2)14(17)10-13(11-15)9-12(3)4/h1,12-13H,6-11,15H2,2-4H3/t13-/m0/s1. The molecule has 3 nitrogen and oxygen atoms in total. The number of amides is 1. The van der Waals surface area contributed by atoms with Gasteiger partial charge in [0.15, 0.2) is 0 Å². The highest BCUT2D eigenvalue weighted by atomic mass is 16.2. The van der Waals surface area contributed by atoms with Crippen molar-refractivity contribution in [3.05, 3.63) is 0 Å². The lowest BCUT2D eigenvalue weighted by molar-refractivity contribution is -0.131. The predicted molar refractivity (Wildman–Crippen MR) is 72.3 cm³/mol. The Hall–Kier alpha value is -1.01. The minimum Gasteiger partial charge on any atom is -0.332 e. The molecule has 0 spiro atoms. The molecule has 2 N–H and O–H groups in total. The van der Waals surface area contributed by atoms with Crippen molar-refractivity contribution >= 4 is 5.91 Å². The summed E-state index contributed by atoms with van der Waals surface area (Å²) in [4.78, 5) is 13.8. The van der Waals surface area contributed by atoms with E-state index in [9.17, 15) is 4.79 Å². The largest absolute Gasteiger partial charge is 0.332 e. The van der Waals surface area contributed by atoms with Crippen molar-refractivity contribution in [2.45, 2.75) is 40.0 Å². The summed E-state index contributed by atoms with van der Waals surface area (Å²) in [7, 11) is 0. The highest BCUT2D eigenvalue weighted by Crippen LogP contribution is 2.15. The van der Waals surface area contributed by atoms with E-state index in [1.165, 1.54) is 0 Å². The molecule has 0 bridgehead atoms. The Labute approximate surface area is 106 Å². The van der Waals surface area contributed by atoms with E-state index in [-0.39, 0.29) is 11.8 Å². The second kappa shape index (κ2) is 9.07. The van der Waals surface area contributed by atoms with Crippen molar-refractivity contribution in [3.8, 4) is 12.3 Å². The van der Waals surface area contributed by atoms with E-state index in [1.807, 2.05) is 6.92 Å². The van der Waals surface area contributed by atoms with Crippen molar-refractivity contribution in [3.63, 3.8) is 0 Å². The van der Waals surface area contributed by atoms with Crippen LogP contribution in [-0.2, 0) is 4.79 Å². The molecule has 17 heavy (non-hydrogen) atoms. The van der Waals surface area contributed by atoms with E-state index in [2.05, 4.69) is 19.8 Å². The predicted octanol–water partition coefficient (Wildman–Crippen LogP) is 1.87. The minimum atomic E-state index is 0.140. The normalized spacial score (nSPS) is 12.2. The molecule has 0 aliphatic carbocycles. The molecule has 0 fully saturated rings. The average molecular weight is 238 g/mol. The monoisotopic (exact) mass is 238 g/mol. The zero-order valence-electron chi connectivity index (χ0n) is 11.4. The van der Waals surface area contributed by atoms with Crippen LogP contribution in [0.2, 0.25) is 0 Å². The highest BCUT2D eigenvalue weighted by molar-refractivity contribution is 5.76. The summed E-state index contributed by atoms with van der Waals surface area (Å²) in [5.74, 6) is 3.53. The van der Waals surface area contributed by atoms with Crippen molar-refractivity contribution in [1.82, 2.24) is 4.90 Å². The van der Waals surface area contributed by atoms with Gasteiger partial charge >= 0.3 is 0 Å². The molecule has 3 heteroatoms. The Kier molecular flexibility index (Phi) is 8.53. The zero-order valence-corrected chi connectivity index (χ0v) is 11.4. The lowest BCUT2D eigenvalue weighted by Crippen LogP contribution is -2.34. The van der Waals surface area contributed by atoms with Gasteiger partial charge in [0.25, 0.3) is 0 Å². The van der Waals surface area contributed by atoms with Crippen LogP contribution in [0.4, 0.5) is 0 Å². The molecule has 0 heterocycles. The van der Waals surface area contributed by atoms with E-state index >= 15 is 0 Å². The summed E-state index contributed by atoms with van der Waals surface area (Å²) < 4.78 is 0. The SMILES string of the molecule is C#CCN(CCC)C(=O)C[C@@H](CN)CC(C)C. The van der Waals surface area contributed by atoms with E-state index in [1.54, 1.807) is 4.90 Å². The topological polar surface area (TPSA) is 46.3 Å². The lowest BCUT2D eigenvalue weighted by atomic mass is 9.94. The third kappa shape index (κ3) is 7.01. The first kappa shape index (κ1) is 16.0. The summed E-state index contributed by atoms with van der Waals surface area (Å²) in [5.41, 5.74) is 5.71. The molecule has 0 unspecified atom stereocenters. The summed E-state index contributed by atoms with van der Waals surface area (Å²) >= 11 is 0. The maximum atomic E-state index is 12.0. The lowest BCUT2D eigenvalue weighted by Gasteiger charge is -2.23. The van der Waals surface area contributed by atoms with Crippen LogP contribution < -0.4 is 5.73 Å². The number of rotatable bonds is 8. The summed E-state index contributed by atoms with van der Waals surface area (Å²) in [6.07, 6.45) is 7.73. The minimum absolute atomic E-state index is 0.140. The van der Waals surface area contributed by atoms with Crippen molar-refractivity contribution in [2.24, 2.45) is 17.6 Å². The average Bonchev–Trinajstić information content (AvgIpc) is 2.27. The smallest absolute Gasteiger partial charge is 0.223 e. The fraction of sp³-hybridized carbons (Fsp3) is 0.786. The van der Waals surface area contributed by atoms with Crippen LogP contribution in [0, 0.1) is 24.2 Å². The van der Waals surface area contributed by atoms with Crippen LogP contribution >= 0.6 is 0 Å². The number of hydrogen-bond acceptors (Lipinski definition) is 2. The first-order valence-electron chi connectivity index (χ1n) is 6.46. The molecular formula is C14H26N2O. The molecule has 0 aromatic rings. The van der Waals surface area contributed by atoms with E-state index < -0.39 is 0 Å². The number of hydrogen-bond donors (Lipinski definition) is 1. The number of nitrogens with zero attached hydrogens (tertiary/aromatic N) is 1. The van der Waals surface area contributed by atoms with Crippen molar-refractivity contribution in [2.75, 3.05) is 19.6 Å². The van der Waals surface area contributed by atoms with Crippen LogP contribution in [-0.4, -0.2) is 30.4 Å². The Morgan fingerprint density at radius 1 is 1.47 bits per heavy atom. The van der Waals surface area contributed by atoms with Crippen molar-refractivity contribution in [1.29, 1.82) is 0 Å². The summed E-state index contributed by atoms with van der Waals surface area (Å²) in [6.45, 7) is 8.07. The van der Waals surface area contributed by atoms with Gasteiger partial charge in [-0.25, -0.2) is 0 Å². The van der Waals surface area contributed by atoms with Gasteiger partial charge in [0.05, 0.1) is 6.54 Å². The third-order valence-corrected chi connectivity index (χ3v) is 2.73. The molecule has 0 rings (SSSR count). The number of carbonyl (C=O) groups is 1. The van der Waals surface area contributed by atoms with Gasteiger partial charge in [0.1, 0.15) is 0 Å². The Balaban J connectivity index is 4.30. The fourth-order valence-corrected chi connectivity index (χ4v) is 1.98. The number of nitrogens with two attached hydrogens (primary N) is 1. The van der Waals surface area contributed by atoms with Gasteiger partial charge in [-0.15, -0.1) is 6.42 Å². The van der Waals surface area contributed by atoms with Gasteiger partial charge in [-0.2, -0.15) is 0 Å². The molecule has 0 radical (unpaired) electrons. The third-order valence-electron chi connectivity index (χ3n) is 2.73. The molecule has 0 saturated carbocycles. The van der Waals surface area contributed by atoms with E-state index in [0.717, 1.165) is 19.4 Å². The van der Waals surface area contributed by atoms with Crippen LogP contribution in [0.1, 0.15) is 40.0 Å². The second-order valence-corrected chi connectivity index (χ2v) is 4.95. The van der Waals surface area contributed by atoms with Crippen LogP contribution in [0.15, 0.2) is 0 Å². The first-order valence-corrected chi connectivity index (χ1v) is 6.46. The molecule has 0 aromatic carbocycles. The molecule has 98 valence electrons. The maximum Gasteiger partial charge on any atom is 0.223 e. The number of terminal acetylenes is 1. The zero-order chi connectivity index (χ0) is 13.3. The summed E-state index contributed by atoms with van der Waals surface area (Å²) in [5, 5.41) is 0. The Bertz CT molecular complexity index is 255. The number of carbonyl (C=O) groups excluding carboxylic acids is 1. The van der Waals surface area contributed by atoms with Gasteiger partial charge in [-0.3, -0.25) is 4.79 Å². The van der Waals surface area contributed by atoms with Crippen molar-refractivity contribution < 1.29 is 4.79 Å². The highest BCUT2D eigenvalue weighted by Gasteiger charge is 2.18. The van der Waals surface area contributed by atoms with Crippen LogP contribution in [0.3, 0.4) is 0 Å². The second-order valence-electron chi connectivity index (χ2n) is 4.95. The molecule has 0 aliphatic heterocycles. The molecular weight excluding hydrogens is 212 g/mol. The molecule has 0 saturated heterocycles. The summed E-state index contributed by atoms with van der Waals surface area (Å²) in [6, 6.07) is 0. The van der Waals surface area contributed by atoms with Gasteiger partial charge in [0.2, 0.25) is 5.91 Å². The van der Waals surface area contributed by atoms with E-state index in [0.29, 0.717) is 25.4 Å². The van der Waals surface area contributed by atoms with E-state index in [4.69, 9.17) is 12.2 Å². The molecule has 0 aromatic heterocycles. The first-order chi connectivity index (χ1) is 8.04. The molecule has 1 atom stereocenters. The van der Waals surface area contributed by atoms with Crippen LogP contribution in [0.5, 0.6) is 0 Å². The quantitative estimate of drug-likeness (QED) is 0.656. The maximum absolute atomic E-state index is 12.0. The fourth-order valence-electron chi connectivity index (χ4n) is 1.98. The van der Waals surface area contributed by atoms with Gasteiger partial charge in [-0.05, 0) is 31.2 Å². The van der Waals surface area contributed by atoms with Gasteiger partial charge < -0.3 is 10.6 Å².